The number of amides is 1. The number of benzene rings is 2. The molecule has 0 saturated heterocycles. The first-order valence-corrected chi connectivity index (χ1v) is 12.3. The van der Waals surface area contributed by atoms with Gasteiger partial charge < -0.3 is 9.73 Å². The van der Waals surface area contributed by atoms with Crippen molar-refractivity contribution in [1.29, 1.82) is 0 Å². The van der Waals surface area contributed by atoms with Crippen LogP contribution in [0.2, 0.25) is 0 Å². The maximum Gasteiger partial charge on any atom is 0.264 e. The lowest BCUT2D eigenvalue weighted by Crippen LogP contribution is -2.41. The zero-order valence-corrected chi connectivity index (χ0v) is 18.4. The fraction of sp³-hybridized carbons (Fsp3) is 0.227. The lowest BCUT2D eigenvalue weighted by molar-refractivity contribution is -0.119. The van der Waals surface area contributed by atoms with Crippen LogP contribution < -0.4 is 9.62 Å². The summed E-state index contributed by atoms with van der Waals surface area (Å²) in [5.74, 6) is 1.55. The molecule has 2 aromatic carbocycles. The lowest BCUT2D eigenvalue weighted by atomic mass is 10.3. The number of para-hydroxylation sites is 1. The average Bonchev–Trinajstić information content (AvgIpc) is 3.29. The summed E-state index contributed by atoms with van der Waals surface area (Å²) in [4.78, 5) is 12.4. The Hall–Kier alpha value is -2.78. The van der Waals surface area contributed by atoms with E-state index in [4.69, 9.17) is 4.42 Å². The van der Waals surface area contributed by atoms with Gasteiger partial charge in [0.2, 0.25) is 5.91 Å². The van der Waals surface area contributed by atoms with E-state index in [-0.39, 0.29) is 11.4 Å². The van der Waals surface area contributed by atoms with Crippen LogP contribution in [0.15, 0.2) is 82.3 Å². The number of nitrogens with one attached hydrogen (secondary N) is 1. The number of carbonyl (C=O) groups excluding carboxylic acids is 1. The monoisotopic (exact) mass is 462 g/mol. The minimum Gasteiger partial charge on any atom is -0.468 e. The molecule has 0 spiro atoms. The third kappa shape index (κ3) is 6.60. The first kappa shape index (κ1) is 22.9. The van der Waals surface area contributed by atoms with E-state index < -0.39 is 21.7 Å². The molecule has 0 saturated carbocycles. The van der Waals surface area contributed by atoms with Crippen molar-refractivity contribution in [2.45, 2.75) is 17.1 Å². The molecule has 1 amide bonds. The number of hydrogen-bond donors (Lipinski definition) is 1. The number of rotatable bonds is 11. The highest BCUT2D eigenvalue weighted by molar-refractivity contribution is 7.98. The summed E-state index contributed by atoms with van der Waals surface area (Å²) >= 11 is 1.69. The highest BCUT2D eigenvalue weighted by atomic mass is 32.2. The molecule has 6 nitrogen and oxygen atoms in total. The fourth-order valence-electron chi connectivity index (χ4n) is 2.80. The van der Waals surface area contributed by atoms with Gasteiger partial charge >= 0.3 is 0 Å². The number of sulfonamides is 1. The van der Waals surface area contributed by atoms with Gasteiger partial charge in [0.15, 0.2) is 0 Å². The van der Waals surface area contributed by atoms with Crippen LogP contribution in [0.25, 0.3) is 0 Å². The van der Waals surface area contributed by atoms with E-state index >= 15 is 0 Å². The Kier molecular flexibility index (Phi) is 8.13. The van der Waals surface area contributed by atoms with E-state index in [1.54, 1.807) is 48.4 Å². The SMILES string of the molecule is O=C(CN(c1ccccc1)S(=O)(=O)c1ccc(F)cc1)NCCCSCc1ccco1. The van der Waals surface area contributed by atoms with E-state index in [9.17, 15) is 17.6 Å². The molecule has 0 aliphatic heterocycles. The van der Waals surface area contributed by atoms with Gasteiger partial charge in [-0.1, -0.05) is 18.2 Å². The largest absolute Gasteiger partial charge is 0.468 e. The Morgan fingerprint density at radius 3 is 2.45 bits per heavy atom. The molecule has 1 N–H and O–H groups in total. The van der Waals surface area contributed by atoms with E-state index in [2.05, 4.69) is 5.32 Å². The molecule has 0 fully saturated rings. The van der Waals surface area contributed by atoms with Crippen LogP contribution in [0, 0.1) is 5.82 Å². The van der Waals surface area contributed by atoms with Crippen molar-refractivity contribution in [1.82, 2.24) is 5.32 Å². The molecule has 31 heavy (non-hydrogen) atoms. The molecule has 0 atom stereocenters. The first-order chi connectivity index (χ1) is 15.0. The van der Waals surface area contributed by atoms with Gasteiger partial charge in [0.05, 0.1) is 22.6 Å². The van der Waals surface area contributed by atoms with Crippen molar-refractivity contribution < 1.29 is 22.0 Å². The van der Waals surface area contributed by atoms with Crippen LogP contribution in [0.4, 0.5) is 10.1 Å². The standard InChI is InChI=1S/C22H23FN2O4S2/c23-18-9-11-21(12-10-18)31(27,28)25(19-6-2-1-3-7-19)16-22(26)24-13-5-15-30-17-20-8-4-14-29-20/h1-4,6-12,14H,5,13,15-17H2,(H,24,26). The second kappa shape index (κ2) is 11.0. The molecule has 3 aromatic rings. The van der Waals surface area contributed by atoms with Gasteiger partial charge in [0.1, 0.15) is 18.1 Å². The van der Waals surface area contributed by atoms with Crippen molar-refractivity contribution in [3.63, 3.8) is 0 Å². The van der Waals surface area contributed by atoms with Gasteiger partial charge in [-0.3, -0.25) is 9.10 Å². The van der Waals surface area contributed by atoms with Crippen LogP contribution in [0.5, 0.6) is 0 Å². The number of carbonyl (C=O) groups is 1. The van der Waals surface area contributed by atoms with Crippen molar-refractivity contribution in [2.24, 2.45) is 0 Å². The first-order valence-electron chi connectivity index (χ1n) is 9.67. The smallest absolute Gasteiger partial charge is 0.264 e. The maximum absolute atomic E-state index is 13.2. The van der Waals surface area contributed by atoms with Crippen LogP contribution in [0.3, 0.4) is 0 Å². The van der Waals surface area contributed by atoms with Gasteiger partial charge in [-0.15, -0.1) is 0 Å². The molecule has 1 heterocycles. The molecule has 0 radical (unpaired) electrons. The van der Waals surface area contributed by atoms with Gasteiger partial charge in [0, 0.05) is 6.54 Å². The molecular weight excluding hydrogens is 439 g/mol. The predicted octanol–water partition coefficient (Wildman–Crippen LogP) is 4.05. The van der Waals surface area contributed by atoms with E-state index in [1.165, 1.54) is 12.1 Å². The zero-order chi connectivity index (χ0) is 22.1. The summed E-state index contributed by atoms with van der Waals surface area (Å²) in [6.07, 6.45) is 2.38. The van der Waals surface area contributed by atoms with Gasteiger partial charge in [-0.2, -0.15) is 11.8 Å². The zero-order valence-electron chi connectivity index (χ0n) is 16.7. The van der Waals surface area contributed by atoms with E-state index in [0.717, 1.165) is 40.1 Å². The molecule has 0 unspecified atom stereocenters. The van der Waals surface area contributed by atoms with Crippen LogP contribution >= 0.6 is 11.8 Å². The topological polar surface area (TPSA) is 79.6 Å². The Balaban J connectivity index is 1.58. The summed E-state index contributed by atoms with van der Waals surface area (Å²) in [6, 6.07) is 16.7. The Morgan fingerprint density at radius 2 is 1.77 bits per heavy atom. The number of thioether (sulfide) groups is 1. The Morgan fingerprint density at radius 1 is 1.03 bits per heavy atom. The molecule has 0 aliphatic carbocycles. The quantitative estimate of drug-likeness (QED) is 0.435. The van der Waals surface area contributed by atoms with E-state index in [0.29, 0.717) is 12.2 Å². The lowest BCUT2D eigenvalue weighted by Gasteiger charge is -2.24. The van der Waals surface area contributed by atoms with Crippen LogP contribution in [0.1, 0.15) is 12.2 Å². The Labute approximate surface area is 185 Å². The number of nitrogens with zero attached hydrogens (tertiary/aromatic N) is 1. The van der Waals surface area contributed by atoms with Crippen molar-refractivity contribution >= 4 is 33.4 Å². The molecule has 1 aromatic heterocycles. The Bertz CT molecular complexity index is 1060. The molecule has 0 aliphatic rings. The average molecular weight is 463 g/mol. The summed E-state index contributed by atoms with van der Waals surface area (Å²) in [7, 11) is -4.04. The summed E-state index contributed by atoms with van der Waals surface area (Å²) < 4.78 is 45.8. The second-order valence-electron chi connectivity index (χ2n) is 6.64. The number of hydrogen-bond acceptors (Lipinski definition) is 5. The third-order valence-electron chi connectivity index (χ3n) is 4.35. The summed E-state index contributed by atoms with van der Waals surface area (Å²) in [6.45, 7) is 0.0620. The van der Waals surface area contributed by atoms with Gasteiger partial charge in [-0.05, 0) is 60.7 Å². The van der Waals surface area contributed by atoms with Crippen molar-refractivity contribution in [3.05, 3.63) is 84.6 Å². The van der Waals surface area contributed by atoms with Crippen molar-refractivity contribution in [3.8, 4) is 0 Å². The highest BCUT2D eigenvalue weighted by Gasteiger charge is 2.27. The van der Waals surface area contributed by atoms with Crippen LogP contribution in [-0.2, 0) is 20.6 Å². The van der Waals surface area contributed by atoms with Gasteiger partial charge in [-0.25, -0.2) is 12.8 Å². The third-order valence-corrected chi connectivity index (χ3v) is 7.20. The second-order valence-corrected chi connectivity index (χ2v) is 9.60. The normalized spacial score (nSPS) is 11.3. The van der Waals surface area contributed by atoms with E-state index in [1.807, 2.05) is 12.1 Å². The highest BCUT2D eigenvalue weighted by Crippen LogP contribution is 2.23. The maximum atomic E-state index is 13.2. The molecule has 164 valence electrons. The van der Waals surface area contributed by atoms with Crippen molar-refractivity contribution in [2.75, 3.05) is 23.1 Å². The fourth-order valence-corrected chi connectivity index (χ4v) is 5.08. The minimum atomic E-state index is -4.04. The summed E-state index contributed by atoms with van der Waals surface area (Å²) in [5, 5.41) is 2.77. The van der Waals surface area contributed by atoms with Crippen LogP contribution in [-0.4, -0.2) is 33.2 Å². The van der Waals surface area contributed by atoms with Gasteiger partial charge in [0.25, 0.3) is 10.0 Å². The summed E-state index contributed by atoms with van der Waals surface area (Å²) in [5.41, 5.74) is 0.357. The number of furan rings is 1. The molecule has 9 heteroatoms. The molecular formula is C22H23FN2O4S2. The number of halogens is 1. The number of anilines is 1. The molecule has 0 bridgehead atoms. The molecule has 3 rings (SSSR count). The predicted molar refractivity (Wildman–Crippen MR) is 120 cm³/mol. The minimum absolute atomic E-state index is 0.0834.